The number of hydrogen-bond donors (Lipinski definition) is 0. The molecule has 0 aliphatic carbocycles. The average Bonchev–Trinajstić information content (AvgIpc) is 2.95. The zero-order valence-corrected chi connectivity index (χ0v) is 20.1. The molecule has 0 N–H and O–H groups in total. The Labute approximate surface area is 195 Å². The Hall–Kier alpha value is -3.46. The van der Waals surface area contributed by atoms with Crippen molar-refractivity contribution in [2.75, 3.05) is 27.2 Å². The number of aromatic nitrogens is 4. The van der Waals surface area contributed by atoms with Crippen molar-refractivity contribution in [3.63, 3.8) is 0 Å². The van der Waals surface area contributed by atoms with Crippen LogP contribution in [0.2, 0.25) is 0 Å². The number of pyridine rings is 2. The van der Waals surface area contributed by atoms with E-state index in [-0.39, 0.29) is 23.4 Å². The first-order valence-corrected chi connectivity index (χ1v) is 11.3. The Morgan fingerprint density at radius 2 is 2.00 bits per heavy atom. The number of halogens is 1. The summed E-state index contributed by atoms with van der Waals surface area (Å²) in [4.78, 5) is 32.4. The average molecular weight is 466 g/mol. The lowest BCUT2D eigenvalue weighted by molar-refractivity contribution is 0.189. The summed E-state index contributed by atoms with van der Waals surface area (Å²) < 4.78 is 26.6. The van der Waals surface area contributed by atoms with Crippen molar-refractivity contribution in [1.29, 1.82) is 0 Å². The van der Waals surface area contributed by atoms with E-state index in [1.165, 1.54) is 12.1 Å². The Bertz CT molecular complexity index is 1560. The first-order chi connectivity index (χ1) is 16.1. The smallest absolute Gasteiger partial charge is 0.329 e. The van der Waals surface area contributed by atoms with Gasteiger partial charge in [0.1, 0.15) is 18.2 Å². The van der Waals surface area contributed by atoms with Crippen LogP contribution in [0.5, 0.6) is 5.75 Å². The van der Waals surface area contributed by atoms with Gasteiger partial charge >= 0.3 is 5.69 Å². The summed E-state index contributed by atoms with van der Waals surface area (Å²) in [6.07, 6.45) is 4.12. The molecular formula is C25H28FN5O3. The highest BCUT2D eigenvalue weighted by Crippen LogP contribution is 2.44. The number of ether oxygens (including phenoxy) is 1. The van der Waals surface area contributed by atoms with E-state index in [2.05, 4.69) is 9.88 Å². The molecular weight excluding hydrogens is 437 g/mol. The third-order valence-corrected chi connectivity index (χ3v) is 6.55. The van der Waals surface area contributed by atoms with Crippen molar-refractivity contribution in [3.05, 3.63) is 57.2 Å². The zero-order chi connectivity index (χ0) is 24.4. The predicted molar refractivity (Wildman–Crippen MR) is 130 cm³/mol. The molecule has 0 fully saturated rings. The predicted octanol–water partition coefficient (Wildman–Crippen LogP) is 2.94. The van der Waals surface area contributed by atoms with E-state index in [9.17, 15) is 9.59 Å². The fourth-order valence-corrected chi connectivity index (χ4v) is 4.78. The third kappa shape index (κ3) is 3.34. The number of nitrogens with zero attached hydrogens (tertiary/aromatic N) is 5. The number of aryl methyl sites for hydroxylation is 2. The number of benzene rings is 1. The Balaban J connectivity index is 1.74. The quantitative estimate of drug-likeness (QED) is 0.453. The lowest BCUT2D eigenvalue weighted by Crippen LogP contribution is -2.40. The van der Waals surface area contributed by atoms with Crippen molar-refractivity contribution in [1.82, 2.24) is 23.6 Å². The van der Waals surface area contributed by atoms with Gasteiger partial charge in [-0.25, -0.2) is 9.18 Å². The molecule has 0 saturated heterocycles. The molecule has 0 unspecified atom stereocenters. The second-order valence-electron chi connectivity index (χ2n) is 9.83. The first-order valence-electron chi connectivity index (χ1n) is 11.3. The highest BCUT2D eigenvalue weighted by Gasteiger charge is 2.34. The van der Waals surface area contributed by atoms with Gasteiger partial charge in [-0.05, 0) is 52.5 Å². The highest BCUT2D eigenvalue weighted by molar-refractivity contribution is 6.09. The minimum Gasteiger partial charge on any atom is -0.490 e. The fraction of sp³-hybridized carbons (Fsp3) is 0.400. The van der Waals surface area contributed by atoms with Crippen LogP contribution in [0.3, 0.4) is 0 Å². The summed E-state index contributed by atoms with van der Waals surface area (Å²) in [7, 11) is 5.68. The van der Waals surface area contributed by atoms with Gasteiger partial charge in [0.25, 0.3) is 5.56 Å². The van der Waals surface area contributed by atoms with Crippen molar-refractivity contribution >= 4 is 21.9 Å². The van der Waals surface area contributed by atoms with E-state index in [1.807, 2.05) is 27.9 Å². The zero-order valence-electron chi connectivity index (χ0n) is 20.1. The third-order valence-electron chi connectivity index (χ3n) is 6.55. The van der Waals surface area contributed by atoms with E-state index in [1.54, 1.807) is 39.2 Å². The standard InChI is InChI=1S/C25H28FN5O3/c1-25(2)14-34-23-20(15-7-10-30(19(32)11-15)9-6-8-28(3)4)16(26)12-17-21(23)22-18(13-27-17)29(5)24(33)31(22)25/h7,10-13H,6,8-9,14H2,1-5H3. The van der Waals surface area contributed by atoms with E-state index < -0.39 is 11.4 Å². The molecule has 1 aliphatic rings. The minimum atomic E-state index is -0.673. The van der Waals surface area contributed by atoms with E-state index in [0.29, 0.717) is 39.8 Å². The van der Waals surface area contributed by atoms with Crippen LogP contribution in [0.4, 0.5) is 4.39 Å². The van der Waals surface area contributed by atoms with Crippen LogP contribution in [0.1, 0.15) is 20.3 Å². The van der Waals surface area contributed by atoms with Gasteiger partial charge in [0.15, 0.2) is 0 Å². The van der Waals surface area contributed by atoms with Crippen molar-refractivity contribution < 1.29 is 9.13 Å². The van der Waals surface area contributed by atoms with Crippen LogP contribution >= 0.6 is 0 Å². The number of hydrogen-bond acceptors (Lipinski definition) is 5. The highest BCUT2D eigenvalue weighted by atomic mass is 19.1. The molecule has 1 aliphatic heterocycles. The second-order valence-corrected chi connectivity index (χ2v) is 9.83. The van der Waals surface area contributed by atoms with Crippen LogP contribution in [0.15, 0.2) is 40.2 Å². The largest absolute Gasteiger partial charge is 0.490 e. The molecule has 0 radical (unpaired) electrons. The van der Waals surface area contributed by atoms with Gasteiger partial charge in [-0.3, -0.25) is 18.9 Å². The SMILES string of the molecule is CN(C)CCCn1ccc(-c2c(F)cc3ncc4c5c3c2OCC(C)(C)n5c(=O)n4C)cc1=O. The normalized spacial score (nSPS) is 14.8. The van der Waals surface area contributed by atoms with Crippen molar-refractivity contribution in [2.45, 2.75) is 32.4 Å². The minimum absolute atomic E-state index is 0.161. The molecule has 34 heavy (non-hydrogen) atoms. The lowest BCUT2D eigenvalue weighted by Gasteiger charge is -2.24. The fourth-order valence-electron chi connectivity index (χ4n) is 4.78. The van der Waals surface area contributed by atoms with Gasteiger partial charge in [-0.15, -0.1) is 0 Å². The molecule has 178 valence electrons. The molecule has 0 bridgehead atoms. The molecule has 5 rings (SSSR count). The van der Waals surface area contributed by atoms with E-state index >= 15 is 4.39 Å². The number of imidazole rings is 1. The summed E-state index contributed by atoms with van der Waals surface area (Å²) in [5, 5.41) is 0.576. The van der Waals surface area contributed by atoms with Gasteiger partial charge in [0.05, 0.1) is 39.2 Å². The molecule has 0 atom stereocenters. The second kappa shape index (κ2) is 7.80. The first kappa shape index (κ1) is 22.3. The molecule has 4 aromatic rings. The maximum Gasteiger partial charge on any atom is 0.329 e. The molecule has 3 aromatic heterocycles. The van der Waals surface area contributed by atoms with Crippen LogP contribution in [-0.4, -0.2) is 50.8 Å². The maximum absolute atomic E-state index is 15.5. The van der Waals surface area contributed by atoms with E-state index in [0.717, 1.165) is 13.0 Å². The summed E-state index contributed by atoms with van der Waals surface area (Å²) >= 11 is 0. The molecule has 0 spiro atoms. The molecule has 9 heteroatoms. The van der Waals surface area contributed by atoms with Crippen LogP contribution in [-0.2, 0) is 19.1 Å². The summed E-state index contributed by atoms with van der Waals surface area (Å²) in [5.74, 6) is -0.216. The lowest BCUT2D eigenvalue weighted by atomic mass is 10.0. The van der Waals surface area contributed by atoms with Crippen molar-refractivity contribution in [3.8, 4) is 16.9 Å². The Morgan fingerprint density at radius 1 is 1.24 bits per heavy atom. The monoisotopic (exact) mass is 465 g/mol. The summed E-state index contributed by atoms with van der Waals surface area (Å²) in [6.45, 7) is 5.43. The van der Waals surface area contributed by atoms with Gasteiger partial charge < -0.3 is 14.2 Å². The van der Waals surface area contributed by atoms with Crippen LogP contribution in [0, 0.1) is 5.82 Å². The molecule has 1 aromatic carbocycles. The summed E-state index contributed by atoms with van der Waals surface area (Å²) in [6, 6.07) is 4.53. The Morgan fingerprint density at radius 3 is 2.71 bits per heavy atom. The molecule has 0 saturated carbocycles. The van der Waals surface area contributed by atoms with Crippen molar-refractivity contribution in [2.24, 2.45) is 7.05 Å². The molecule has 0 amide bonds. The number of rotatable bonds is 5. The van der Waals surface area contributed by atoms with Crippen LogP contribution < -0.4 is 16.0 Å². The van der Waals surface area contributed by atoms with Gasteiger partial charge in [0.2, 0.25) is 0 Å². The van der Waals surface area contributed by atoms with Crippen LogP contribution in [0.25, 0.3) is 33.1 Å². The van der Waals surface area contributed by atoms with Gasteiger partial charge in [-0.2, -0.15) is 0 Å². The summed E-state index contributed by atoms with van der Waals surface area (Å²) in [5.41, 5.74) is 1.29. The topological polar surface area (TPSA) is 74.3 Å². The molecule has 8 nitrogen and oxygen atoms in total. The Kier molecular flexibility index (Phi) is 5.12. The van der Waals surface area contributed by atoms with E-state index in [4.69, 9.17) is 4.74 Å². The van der Waals surface area contributed by atoms with Gasteiger partial charge in [0, 0.05) is 31.9 Å². The maximum atomic E-state index is 15.5. The molecule has 4 heterocycles. The van der Waals surface area contributed by atoms with Gasteiger partial charge in [-0.1, -0.05) is 0 Å².